The maximum absolute atomic E-state index is 11.9. The van der Waals surface area contributed by atoms with E-state index in [1.165, 1.54) is 11.3 Å². The summed E-state index contributed by atoms with van der Waals surface area (Å²) < 4.78 is 5.20. The molecule has 0 aliphatic heterocycles. The molecule has 22 heavy (non-hydrogen) atoms. The fourth-order valence-corrected chi connectivity index (χ4v) is 2.82. The highest BCUT2D eigenvalue weighted by atomic mass is 32.1. The van der Waals surface area contributed by atoms with E-state index in [4.69, 9.17) is 4.74 Å². The first-order valence-electron chi connectivity index (χ1n) is 7.33. The van der Waals surface area contributed by atoms with Gasteiger partial charge in [0.1, 0.15) is 16.5 Å². The molecule has 1 saturated carbocycles. The van der Waals surface area contributed by atoms with E-state index in [1.54, 1.807) is 7.11 Å². The summed E-state index contributed by atoms with van der Waals surface area (Å²) in [7, 11) is 1.66. The highest BCUT2D eigenvalue weighted by Gasteiger charge is 2.24. The van der Waals surface area contributed by atoms with Gasteiger partial charge in [0, 0.05) is 24.5 Å². The van der Waals surface area contributed by atoms with Crippen molar-refractivity contribution in [2.45, 2.75) is 32.0 Å². The van der Waals surface area contributed by atoms with Gasteiger partial charge in [0.15, 0.2) is 0 Å². The van der Waals surface area contributed by atoms with E-state index in [-0.39, 0.29) is 5.91 Å². The molecule has 0 bridgehead atoms. The predicted octanol–water partition coefficient (Wildman–Crippen LogP) is 2.33. The Morgan fingerprint density at radius 1 is 1.41 bits per heavy atom. The van der Waals surface area contributed by atoms with E-state index in [0.717, 1.165) is 35.7 Å². The molecule has 0 radical (unpaired) electrons. The maximum Gasteiger partial charge on any atom is 0.270 e. The second kappa shape index (κ2) is 6.89. The minimum absolute atomic E-state index is 0.0576. The van der Waals surface area contributed by atoms with Gasteiger partial charge in [0.25, 0.3) is 5.91 Å². The lowest BCUT2D eigenvalue weighted by Gasteiger charge is -2.05. The predicted molar refractivity (Wildman–Crippen MR) is 86.1 cm³/mol. The van der Waals surface area contributed by atoms with Crippen LogP contribution in [0.2, 0.25) is 0 Å². The van der Waals surface area contributed by atoms with Crippen molar-refractivity contribution in [1.29, 1.82) is 0 Å². The van der Waals surface area contributed by atoms with Gasteiger partial charge in [-0.25, -0.2) is 4.98 Å². The number of benzene rings is 1. The molecule has 1 aromatic carbocycles. The molecule has 2 aromatic rings. The lowest BCUT2D eigenvalue weighted by molar-refractivity contribution is 0.0946. The number of ether oxygens (including phenoxy) is 1. The lowest BCUT2D eigenvalue weighted by atomic mass is 10.2. The smallest absolute Gasteiger partial charge is 0.270 e. The molecule has 0 saturated heterocycles. The Morgan fingerprint density at radius 2 is 2.27 bits per heavy atom. The molecule has 3 rings (SSSR count). The first-order valence-corrected chi connectivity index (χ1v) is 8.21. The molecule has 1 amide bonds. The fraction of sp³-hybridized carbons (Fsp3) is 0.375. The van der Waals surface area contributed by atoms with Gasteiger partial charge in [-0.1, -0.05) is 12.1 Å². The van der Waals surface area contributed by atoms with Gasteiger partial charge >= 0.3 is 0 Å². The number of carbonyl (C=O) groups excluding carboxylic acids is 1. The van der Waals surface area contributed by atoms with Crippen LogP contribution in [0.25, 0.3) is 0 Å². The van der Waals surface area contributed by atoms with E-state index in [2.05, 4.69) is 15.6 Å². The van der Waals surface area contributed by atoms with Crippen LogP contribution in [0.1, 0.15) is 33.9 Å². The van der Waals surface area contributed by atoms with Crippen LogP contribution in [0, 0.1) is 0 Å². The van der Waals surface area contributed by atoms with E-state index >= 15 is 0 Å². The summed E-state index contributed by atoms with van der Waals surface area (Å²) in [6.07, 6.45) is 2.18. The van der Waals surface area contributed by atoms with Crippen LogP contribution in [-0.4, -0.2) is 24.0 Å². The van der Waals surface area contributed by atoms with E-state index in [9.17, 15) is 4.79 Å². The molecule has 1 aliphatic carbocycles. The number of nitrogens with one attached hydrogen (secondary N) is 2. The average Bonchev–Trinajstić information content (AvgIpc) is 3.22. The van der Waals surface area contributed by atoms with E-state index in [1.807, 2.05) is 29.6 Å². The third-order valence-electron chi connectivity index (χ3n) is 3.44. The van der Waals surface area contributed by atoms with Crippen molar-refractivity contribution in [3.63, 3.8) is 0 Å². The normalized spacial score (nSPS) is 13.9. The monoisotopic (exact) mass is 317 g/mol. The second-order valence-corrected chi connectivity index (χ2v) is 6.27. The van der Waals surface area contributed by atoms with Crippen LogP contribution in [0.15, 0.2) is 29.6 Å². The Labute approximate surface area is 133 Å². The number of aromatic nitrogens is 1. The van der Waals surface area contributed by atoms with Gasteiger partial charge in [-0.15, -0.1) is 11.3 Å². The molecule has 2 N–H and O–H groups in total. The molecular formula is C16H19N3O2S. The number of amides is 1. The Balaban J connectivity index is 1.48. The Hall–Kier alpha value is -1.92. The van der Waals surface area contributed by atoms with E-state index < -0.39 is 0 Å². The molecule has 116 valence electrons. The number of carbonyl (C=O) groups is 1. The number of nitrogens with zero attached hydrogens (tertiary/aromatic N) is 1. The number of methoxy groups -OCH3 is 1. The number of rotatable bonds is 7. The minimum atomic E-state index is -0.0576. The summed E-state index contributed by atoms with van der Waals surface area (Å²) in [5.41, 5.74) is 1.68. The highest BCUT2D eigenvalue weighted by Crippen LogP contribution is 2.20. The van der Waals surface area contributed by atoms with Crippen LogP contribution >= 0.6 is 11.3 Å². The summed E-state index contributed by atoms with van der Waals surface area (Å²) in [6, 6.07) is 8.31. The summed E-state index contributed by atoms with van der Waals surface area (Å²) in [5.74, 6) is 0.797. The number of hydrogen-bond acceptors (Lipinski definition) is 5. The number of hydrogen-bond donors (Lipinski definition) is 2. The molecular weight excluding hydrogens is 298 g/mol. The molecule has 1 fully saturated rings. The van der Waals surface area contributed by atoms with E-state index in [0.29, 0.717) is 18.3 Å². The maximum atomic E-state index is 11.9. The van der Waals surface area contributed by atoms with Crippen LogP contribution < -0.4 is 15.4 Å². The first kappa shape index (κ1) is 15.0. The average molecular weight is 317 g/mol. The van der Waals surface area contributed by atoms with Crippen molar-refractivity contribution < 1.29 is 9.53 Å². The summed E-state index contributed by atoms with van der Waals surface area (Å²) in [4.78, 5) is 16.2. The fourth-order valence-electron chi connectivity index (χ4n) is 2.08. The summed E-state index contributed by atoms with van der Waals surface area (Å²) in [6.45, 7) is 1.39. The molecule has 0 atom stereocenters. The van der Waals surface area contributed by atoms with Gasteiger partial charge in [0.05, 0.1) is 7.11 Å². The van der Waals surface area contributed by atoms with Crippen molar-refractivity contribution in [2.24, 2.45) is 0 Å². The Bertz CT molecular complexity index is 652. The van der Waals surface area contributed by atoms with Gasteiger partial charge in [-0.3, -0.25) is 4.79 Å². The van der Waals surface area contributed by atoms with Crippen LogP contribution in [0.5, 0.6) is 5.75 Å². The summed E-state index contributed by atoms with van der Waals surface area (Å²) >= 11 is 1.51. The lowest BCUT2D eigenvalue weighted by Crippen LogP contribution is -2.25. The second-order valence-electron chi connectivity index (χ2n) is 5.33. The van der Waals surface area contributed by atoms with Gasteiger partial charge in [0.2, 0.25) is 0 Å². The first-order chi connectivity index (χ1) is 10.7. The molecule has 1 aliphatic rings. The zero-order chi connectivity index (χ0) is 15.4. The topological polar surface area (TPSA) is 63.2 Å². The van der Waals surface area contributed by atoms with Gasteiger partial charge < -0.3 is 15.4 Å². The van der Waals surface area contributed by atoms with Crippen molar-refractivity contribution in [3.8, 4) is 5.75 Å². The zero-order valence-electron chi connectivity index (χ0n) is 12.5. The standard InChI is InChI=1S/C16H19N3O2S/c1-21-13-4-2-3-11(7-13)8-17-9-15-19-14(10-22-15)16(20)18-12-5-6-12/h2-4,7,10,12,17H,5-6,8-9H2,1H3,(H,18,20). The highest BCUT2D eigenvalue weighted by molar-refractivity contribution is 7.09. The molecule has 5 nitrogen and oxygen atoms in total. The van der Waals surface area contributed by atoms with Crippen LogP contribution in [-0.2, 0) is 13.1 Å². The number of thiazole rings is 1. The zero-order valence-corrected chi connectivity index (χ0v) is 13.3. The van der Waals surface area contributed by atoms with Crippen molar-refractivity contribution in [2.75, 3.05) is 7.11 Å². The largest absolute Gasteiger partial charge is 0.497 e. The molecule has 0 spiro atoms. The van der Waals surface area contributed by atoms with Crippen molar-refractivity contribution in [1.82, 2.24) is 15.6 Å². The SMILES string of the molecule is COc1cccc(CNCc2nc(C(=O)NC3CC3)cs2)c1. The molecule has 1 aromatic heterocycles. The van der Waals surface area contributed by atoms with Crippen LogP contribution in [0.3, 0.4) is 0 Å². The quantitative estimate of drug-likeness (QED) is 0.823. The molecule has 0 unspecified atom stereocenters. The summed E-state index contributed by atoms with van der Waals surface area (Å²) in [5, 5.41) is 9.02. The molecule has 6 heteroatoms. The molecule has 1 heterocycles. The van der Waals surface area contributed by atoms with Crippen molar-refractivity contribution >= 4 is 17.2 Å². The third-order valence-corrected chi connectivity index (χ3v) is 4.29. The van der Waals surface area contributed by atoms with Crippen molar-refractivity contribution in [3.05, 3.63) is 45.9 Å². The van der Waals surface area contributed by atoms with Gasteiger partial charge in [-0.05, 0) is 30.5 Å². The minimum Gasteiger partial charge on any atom is -0.497 e. The Kier molecular flexibility index (Phi) is 4.70. The van der Waals surface area contributed by atoms with Crippen LogP contribution in [0.4, 0.5) is 0 Å². The third kappa shape index (κ3) is 4.05. The Morgan fingerprint density at radius 3 is 3.05 bits per heavy atom. The van der Waals surface area contributed by atoms with Gasteiger partial charge in [-0.2, -0.15) is 0 Å².